The summed E-state index contributed by atoms with van der Waals surface area (Å²) in [7, 11) is 0. The summed E-state index contributed by atoms with van der Waals surface area (Å²) >= 11 is 12.9. The van der Waals surface area contributed by atoms with Gasteiger partial charge in [0.05, 0.1) is 11.6 Å². The number of hydrogen-bond donors (Lipinski definition) is 1. The Labute approximate surface area is 197 Å². The molecule has 0 amide bonds. The molecule has 0 bridgehead atoms. The van der Waals surface area contributed by atoms with E-state index in [9.17, 15) is 5.11 Å². The van der Waals surface area contributed by atoms with Crippen LogP contribution in [0.3, 0.4) is 0 Å². The summed E-state index contributed by atoms with van der Waals surface area (Å²) in [5.41, 5.74) is 2.40. The van der Waals surface area contributed by atoms with Crippen LogP contribution in [0.4, 0.5) is 0 Å². The number of β-amino-alcohol motifs (C(OH)–C–C–N with tert-alkyl or cyclic N) is 1. The molecule has 1 fully saturated rings. The van der Waals surface area contributed by atoms with E-state index in [2.05, 4.69) is 15.1 Å². The second-order valence-corrected chi connectivity index (χ2v) is 9.95. The number of benzene rings is 2. The van der Waals surface area contributed by atoms with Crippen LogP contribution in [0.1, 0.15) is 42.2 Å². The fourth-order valence-electron chi connectivity index (χ4n) is 5.00. The van der Waals surface area contributed by atoms with Gasteiger partial charge in [-0.25, -0.2) is 0 Å². The molecule has 5 rings (SSSR count). The molecule has 32 heavy (non-hydrogen) atoms. The summed E-state index contributed by atoms with van der Waals surface area (Å²) in [5.74, 6) is 2.44. The quantitative estimate of drug-likeness (QED) is 0.596. The van der Waals surface area contributed by atoms with E-state index in [1.54, 1.807) is 6.07 Å². The highest BCUT2D eigenvalue weighted by Gasteiger charge is 2.44. The first-order valence-electron chi connectivity index (χ1n) is 10.8. The molecule has 1 aliphatic carbocycles. The number of aliphatic hydroxyl groups is 1. The third kappa shape index (κ3) is 3.90. The predicted octanol–water partition coefficient (Wildman–Crippen LogP) is 4.69. The van der Waals surface area contributed by atoms with Gasteiger partial charge in [-0.3, -0.25) is 9.47 Å². The van der Waals surface area contributed by atoms with Gasteiger partial charge in [0.1, 0.15) is 23.5 Å². The second-order valence-electron chi connectivity index (χ2n) is 9.11. The van der Waals surface area contributed by atoms with E-state index in [1.165, 1.54) is 0 Å². The largest absolute Gasteiger partial charge is 0.484 e. The lowest BCUT2D eigenvalue weighted by molar-refractivity contribution is 0.0429. The van der Waals surface area contributed by atoms with Gasteiger partial charge in [-0.05, 0) is 75.6 Å². The number of likely N-dealkylation sites (tertiary alicyclic amines) is 1. The van der Waals surface area contributed by atoms with Crippen molar-refractivity contribution in [3.63, 3.8) is 0 Å². The standard InChI is InChI=1S/C24H26Cl2N4O2/c1-14-27-28-15(2)30(14)17-4-6-18(7-5-17)32-23-20-10-16(25)11-21(26)19(20)12-22(23)29-9-8-24(3,31)13-29/h4-7,10-11,22-23,31H,8-9,12-13H2,1-3H3/t22-,23-,24+/m0/s1. The molecule has 3 aromatic rings. The normalized spacial score (nSPS) is 25.3. The van der Waals surface area contributed by atoms with Crippen LogP contribution in [0.25, 0.3) is 5.69 Å². The van der Waals surface area contributed by atoms with E-state index in [-0.39, 0.29) is 12.1 Å². The number of ether oxygens (including phenoxy) is 1. The van der Waals surface area contributed by atoms with Crippen LogP contribution >= 0.6 is 23.2 Å². The van der Waals surface area contributed by atoms with Crippen molar-refractivity contribution in [2.45, 2.75) is 51.4 Å². The number of aromatic nitrogens is 3. The van der Waals surface area contributed by atoms with Crippen molar-refractivity contribution in [3.05, 3.63) is 69.2 Å². The highest BCUT2D eigenvalue weighted by Crippen LogP contribution is 2.44. The molecule has 168 valence electrons. The van der Waals surface area contributed by atoms with Gasteiger partial charge in [0, 0.05) is 34.4 Å². The molecule has 2 aliphatic rings. The molecule has 1 aliphatic heterocycles. The zero-order chi connectivity index (χ0) is 22.6. The van der Waals surface area contributed by atoms with Crippen molar-refractivity contribution in [2.24, 2.45) is 0 Å². The van der Waals surface area contributed by atoms with E-state index in [4.69, 9.17) is 27.9 Å². The lowest BCUT2D eigenvalue weighted by atomic mass is 10.1. The minimum absolute atomic E-state index is 0.0805. The van der Waals surface area contributed by atoms with E-state index >= 15 is 0 Å². The third-order valence-electron chi connectivity index (χ3n) is 6.56. The van der Waals surface area contributed by atoms with E-state index in [0.29, 0.717) is 16.6 Å². The minimum Gasteiger partial charge on any atom is -0.484 e. The van der Waals surface area contributed by atoms with E-state index in [0.717, 1.165) is 53.6 Å². The van der Waals surface area contributed by atoms with Gasteiger partial charge in [0.15, 0.2) is 0 Å². The summed E-state index contributed by atoms with van der Waals surface area (Å²) in [6.07, 6.45) is 1.29. The van der Waals surface area contributed by atoms with Crippen molar-refractivity contribution in [2.75, 3.05) is 13.1 Å². The smallest absolute Gasteiger partial charge is 0.140 e. The molecule has 1 aromatic heterocycles. The molecule has 2 aromatic carbocycles. The zero-order valence-electron chi connectivity index (χ0n) is 18.3. The van der Waals surface area contributed by atoms with Crippen LogP contribution in [-0.4, -0.2) is 49.5 Å². The fraction of sp³-hybridized carbons (Fsp3) is 0.417. The molecule has 1 saturated heterocycles. The zero-order valence-corrected chi connectivity index (χ0v) is 19.9. The van der Waals surface area contributed by atoms with Crippen LogP contribution in [0.5, 0.6) is 5.75 Å². The number of hydrogen-bond acceptors (Lipinski definition) is 5. The van der Waals surface area contributed by atoms with Crippen LogP contribution in [0, 0.1) is 13.8 Å². The maximum absolute atomic E-state index is 10.5. The highest BCUT2D eigenvalue weighted by atomic mass is 35.5. The summed E-state index contributed by atoms with van der Waals surface area (Å²) in [6.45, 7) is 7.19. The molecular weight excluding hydrogens is 447 g/mol. The van der Waals surface area contributed by atoms with Crippen molar-refractivity contribution >= 4 is 23.2 Å². The summed E-state index contributed by atoms with van der Waals surface area (Å²) < 4.78 is 8.56. The maximum Gasteiger partial charge on any atom is 0.140 e. The van der Waals surface area contributed by atoms with Gasteiger partial charge in [0.25, 0.3) is 0 Å². The molecule has 3 atom stereocenters. The summed E-state index contributed by atoms with van der Waals surface area (Å²) in [6, 6.07) is 11.8. The predicted molar refractivity (Wildman–Crippen MR) is 125 cm³/mol. The molecule has 2 heterocycles. The van der Waals surface area contributed by atoms with Gasteiger partial charge < -0.3 is 9.84 Å². The van der Waals surface area contributed by atoms with Crippen LogP contribution in [-0.2, 0) is 6.42 Å². The topological polar surface area (TPSA) is 63.4 Å². The Morgan fingerprint density at radius 3 is 2.41 bits per heavy atom. The molecule has 6 nitrogen and oxygen atoms in total. The molecule has 0 unspecified atom stereocenters. The first-order valence-corrected chi connectivity index (χ1v) is 11.6. The second kappa shape index (κ2) is 8.03. The van der Waals surface area contributed by atoms with Gasteiger partial charge in [0.2, 0.25) is 0 Å². The fourth-order valence-corrected chi connectivity index (χ4v) is 5.59. The Morgan fingerprint density at radius 2 is 1.78 bits per heavy atom. The molecule has 1 N–H and O–H groups in total. The van der Waals surface area contributed by atoms with Crippen LogP contribution in [0.2, 0.25) is 10.0 Å². The molecule has 8 heteroatoms. The third-order valence-corrected chi connectivity index (χ3v) is 7.11. The van der Waals surface area contributed by atoms with E-state index in [1.807, 2.05) is 55.7 Å². The molecular formula is C24H26Cl2N4O2. The number of rotatable bonds is 4. The number of aryl methyl sites for hydroxylation is 2. The Morgan fingerprint density at radius 1 is 1.09 bits per heavy atom. The van der Waals surface area contributed by atoms with Gasteiger partial charge in [-0.2, -0.15) is 0 Å². The van der Waals surface area contributed by atoms with Crippen LogP contribution < -0.4 is 4.74 Å². The monoisotopic (exact) mass is 472 g/mol. The number of halogens is 2. The Kier molecular flexibility index (Phi) is 5.45. The lowest BCUT2D eigenvalue weighted by Gasteiger charge is -2.31. The maximum atomic E-state index is 10.5. The average molecular weight is 473 g/mol. The Hall–Kier alpha value is -2.12. The van der Waals surface area contributed by atoms with Crippen molar-refractivity contribution in [1.82, 2.24) is 19.7 Å². The first-order chi connectivity index (χ1) is 15.2. The Balaban J connectivity index is 1.46. The van der Waals surface area contributed by atoms with Crippen molar-refractivity contribution in [3.8, 4) is 11.4 Å². The summed E-state index contributed by atoms with van der Waals surface area (Å²) in [4.78, 5) is 2.31. The number of nitrogens with zero attached hydrogens (tertiary/aromatic N) is 4. The molecule has 0 radical (unpaired) electrons. The lowest BCUT2D eigenvalue weighted by Crippen LogP contribution is -2.40. The minimum atomic E-state index is -0.684. The molecule has 0 spiro atoms. The average Bonchev–Trinajstić information content (AvgIpc) is 3.38. The Bertz CT molecular complexity index is 1140. The van der Waals surface area contributed by atoms with Crippen molar-refractivity contribution in [1.29, 1.82) is 0 Å². The first kappa shape index (κ1) is 21.7. The van der Waals surface area contributed by atoms with E-state index < -0.39 is 5.60 Å². The SMILES string of the molecule is Cc1nnc(C)n1-c1ccc(O[C@H]2c3cc(Cl)cc(Cl)c3C[C@@H]2N2CC[C@@](C)(O)C2)cc1. The highest BCUT2D eigenvalue weighted by molar-refractivity contribution is 6.35. The van der Waals surface area contributed by atoms with Gasteiger partial charge in [-0.1, -0.05) is 23.2 Å². The van der Waals surface area contributed by atoms with Gasteiger partial charge >= 0.3 is 0 Å². The van der Waals surface area contributed by atoms with Crippen molar-refractivity contribution < 1.29 is 9.84 Å². The summed E-state index contributed by atoms with van der Waals surface area (Å²) in [5, 5.41) is 20.1. The molecule has 0 saturated carbocycles. The van der Waals surface area contributed by atoms with Crippen LogP contribution in [0.15, 0.2) is 36.4 Å². The number of fused-ring (bicyclic) bond motifs is 1. The van der Waals surface area contributed by atoms with Gasteiger partial charge in [-0.15, -0.1) is 10.2 Å².